The fourth-order valence-electron chi connectivity index (χ4n) is 2.55. The van der Waals surface area contributed by atoms with Gasteiger partial charge in [0.2, 0.25) is 10.0 Å². The average Bonchev–Trinajstić information content (AvgIpc) is 2.73. The third kappa shape index (κ3) is 3.37. The van der Waals surface area contributed by atoms with Crippen LogP contribution in [-0.2, 0) is 10.0 Å². The number of aliphatic hydroxyl groups is 1. The van der Waals surface area contributed by atoms with Gasteiger partial charge in [-0.15, -0.1) is 0 Å². The Kier molecular flexibility index (Phi) is 4.89. The van der Waals surface area contributed by atoms with Crippen molar-refractivity contribution in [3.05, 3.63) is 29.0 Å². The van der Waals surface area contributed by atoms with Gasteiger partial charge in [0.25, 0.3) is 0 Å². The van der Waals surface area contributed by atoms with Gasteiger partial charge in [0, 0.05) is 19.1 Å². The van der Waals surface area contributed by atoms with E-state index in [1.54, 1.807) is 0 Å². The van der Waals surface area contributed by atoms with Crippen LogP contribution in [0.1, 0.15) is 6.42 Å². The van der Waals surface area contributed by atoms with Crippen LogP contribution in [0.5, 0.6) is 0 Å². The minimum Gasteiger partial charge on any atom is -0.392 e. The number of benzene rings is 1. The van der Waals surface area contributed by atoms with Gasteiger partial charge in [0.1, 0.15) is 4.90 Å². The zero-order chi connectivity index (χ0) is 15.8. The van der Waals surface area contributed by atoms with Crippen molar-refractivity contribution in [2.24, 2.45) is 0 Å². The summed E-state index contributed by atoms with van der Waals surface area (Å²) in [5, 5.41) is 9.54. The lowest BCUT2D eigenvalue weighted by atomic mass is 10.2. The number of likely N-dealkylation sites (N-methyl/N-ethyl adjacent to an activating group) is 1. The molecule has 0 radical (unpaired) electrons. The van der Waals surface area contributed by atoms with Gasteiger partial charge in [-0.2, -0.15) is 4.31 Å². The van der Waals surface area contributed by atoms with Crippen LogP contribution >= 0.6 is 11.6 Å². The number of halogens is 2. The summed E-state index contributed by atoms with van der Waals surface area (Å²) in [7, 11) is -0.402. The maximum absolute atomic E-state index is 14.0. The van der Waals surface area contributed by atoms with E-state index in [4.69, 9.17) is 11.6 Å². The molecule has 0 saturated carbocycles. The first kappa shape index (κ1) is 16.6. The van der Waals surface area contributed by atoms with E-state index >= 15 is 0 Å². The van der Waals surface area contributed by atoms with Crippen molar-refractivity contribution in [2.45, 2.75) is 23.5 Å². The smallest absolute Gasteiger partial charge is 0.246 e. The molecule has 2 atom stereocenters. The summed E-state index contributed by atoms with van der Waals surface area (Å²) in [6.45, 7) is 0.422. The van der Waals surface area contributed by atoms with E-state index in [1.165, 1.54) is 18.2 Å². The molecule has 1 fully saturated rings. The standard InChI is InChI=1S/C13H18ClFN2O3S/c1-16(2)7-9-6-10(18)8-17(9)21(19,20)12-5-3-4-11(14)13(12)15/h3-5,9-10,18H,6-8H2,1-2H3. The number of sulfonamides is 1. The Morgan fingerprint density at radius 3 is 2.76 bits per heavy atom. The van der Waals surface area contributed by atoms with Crippen LogP contribution in [0, 0.1) is 5.82 Å². The zero-order valence-corrected chi connectivity index (χ0v) is 13.4. The summed E-state index contributed by atoms with van der Waals surface area (Å²) < 4.78 is 40.5. The normalized spacial score (nSPS) is 23.9. The van der Waals surface area contributed by atoms with Crippen molar-refractivity contribution >= 4 is 21.6 Å². The Hall–Kier alpha value is -0.730. The van der Waals surface area contributed by atoms with Crippen molar-refractivity contribution in [1.29, 1.82) is 0 Å². The summed E-state index contributed by atoms with van der Waals surface area (Å²) in [5.74, 6) is -0.954. The molecule has 1 saturated heterocycles. The van der Waals surface area contributed by atoms with E-state index in [-0.39, 0.29) is 11.6 Å². The summed E-state index contributed by atoms with van der Waals surface area (Å²) >= 11 is 5.66. The Morgan fingerprint density at radius 2 is 2.14 bits per heavy atom. The molecular formula is C13H18ClFN2O3S. The van der Waals surface area contributed by atoms with Crippen LogP contribution in [0.15, 0.2) is 23.1 Å². The fraction of sp³-hybridized carbons (Fsp3) is 0.538. The first-order valence-electron chi connectivity index (χ1n) is 6.52. The Labute approximate surface area is 129 Å². The molecule has 2 unspecified atom stereocenters. The second kappa shape index (κ2) is 6.18. The number of rotatable bonds is 4. The van der Waals surface area contributed by atoms with E-state index in [0.717, 1.165) is 4.31 Å². The first-order valence-corrected chi connectivity index (χ1v) is 8.34. The molecule has 1 N–H and O–H groups in total. The predicted octanol–water partition coefficient (Wildman–Crippen LogP) is 1.16. The maximum atomic E-state index is 14.0. The molecule has 0 amide bonds. The van der Waals surface area contributed by atoms with Crippen LogP contribution in [-0.4, -0.2) is 62.1 Å². The topological polar surface area (TPSA) is 60.9 Å². The fourth-order valence-corrected chi connectivity index (χ4v) is 4.54. The van der Waals surface area contributed by atoms with Crippen LogP contribution in [0.4, 0.5) is 4.39 Å². The third-order valence-electron chi connectivity index (χ3n) is 3.42. The Balaban J connectivity index is 2.40. The molecule has 1 aromatic rings. The molecule has 1 heterocycles. The quantitative estimate of drug-likeness (QED) is 0.896. The van der Waals surface area contributed by atoms with Crippen molar-refractivity contribution in [3.63, 3.8) is 0 Å². The number of hydrogen-bond donors (Lipinski definition) is 1. The van der Waals surface area contributed by atoms with Crippen molar-refractivity contribution in [1.82, 2.24) is 9.21 Å². The highest BCUT2D eigenvalue weighted by atomic mass is 35.5. The highest BCUT2D eigenvalue weighted by Gasteiger charge is 2.40. The number of nitrogens with zero attached hydrogens (tertiary/aromatic N) is 2. The molecule has 0 bridgehead atoms. The molecule has 21 heavy (non-hydrogen) atoms. The van der Waals surface area contributed by atoms with Gasteiger partial charge < -0.3 is 10.0 Å². The SMILES string of the molecule is CN(C)CC1CC(O)CN1S(=O)(=O)c1cccc(Cl)c1F. The Morgan fingerprint density at radius 1 is 1.48 bits per heavy atom. The van der Waals surface area contributed by atoms with E-state index in [9.17, 15) is 17.9 Å². The van der Waals surface area contributed by atoms with Gasteiger partial charge >= 0.3 is 0 Å². The average molecular weight is 337 g/mol. The molecule has 2 rings (SSSR count). The molecule has 8 heteroatoms. The minimum absolute atomic E-state index is 0.0349. The van der Waals surface area contributed by atoms with Gasteiger partial charge in [0.15, 0.2) is 5.82 Å². The molecule has 5 nitrogen and oxygen atoms in total. The monoisotopic (exact) mass is 336 g/mol. The van der Waals surface area contributed by atoms with Crippen molar-refractivity contribution in [3.8, 4) is 0 Å². The number of β-amino-alcohol motifs (C(OH)–C–C–N with tert-alkyl or cyclic N) is 1. The van der Waals surface area contributed by atoms with E-state index in [2.05, 4.69) is 0 Å². The zero-order valence-electron chi connectivity index (χ0n) is 11.8. The largest absolute Gasteiger partial charge is 0.392 e. The predicted molar refractivity (Wildman–Crippen MR) is 78.3 cm³/mol. The van der Waals surface area contributed by atoms with E-state index in [1.807, 2.05) is 19.0 Å². The van der Waals surface area contributed by atoms with Crippen LogP contribution in [0.3, 0.4) is 0 Å². The molecule has 0 aromatic heterocycles. The molecule has 1 aliphatic rings. The summed E-state index contributed by atoms with van der Waals surface area (Å²) in [6.07, 6.45) is -0.411. The Bertz CT molecular complexity index is 624. The third-order valence-corrected chi connectivity index (χ3v) is 5.65. The van der Waals surface area contributed by atoms with Gasteiger partial charge in [-0.3, -0.25) is 0 Å². The van der Waals surface area contributed by atoms with Crippen molar-refractivity contribution in [2.75, 3.05) is 27.2 Å². The second-order valence-electron chi connectivity index (χ2n) is 5.43. The van der Waals surface area contributed by atoms with Gasteiger partial charge in [-0.25, -0.2) is 12.8 Å². The van der Waals surface area contributed by atoms with Crippen molar-refractivity contribution < 1.29 is 17.9 Å². The molecular weight excluding hydrogens is 319 g/mol. The molecule has 1 aromatic carbocycles. The minimum atomic E-state index is -4.03. The molecule has 1 aliphatic heterocycles. The maximum Gasteiger partial charge on any atom is 0.246 e. The number of hydrogen-bond acceptors (Lipinski definition) is 4. The van der Waals surface area contributed by atoms with E-state index in [0.29, 0.717) is 13.0 Å². The molecule has 0 spiro atoms. The van der Waals surface area contributed by atoms with E-state index < -0.39 is 32.9 Å². The number of aliphatic hydroxyl groups excluding tert-OH is 1. The van der Waals surface area contributed by atoms with Crippen LogP contribution in [0.2, 0.25) is 5.02 Å². The van der Waals surface area contributed by atoms with Crippen LogP contribution < -0.4 is 0 Å². The summed E-state index contributed by atoms with van der Waals surface area (Å²) in [4.78, 5) is 1.38. The van der Waals surface area contributed by atoms with Gasteiger partial charge in [-0.05, 0) is 32.6 Å². The van der Waals surface area contributed by atoms with Gasteiger partial charge in [-0.1, -0.05) is 17.7 Å². The lowest BCUT2D eigenvalue weighted by Crippen LogP contribution is -2.41. The summed E-state index contributed by atoms with van der Waals surface area (Å²) in [5.41, 5.74) is 0. The molecule has 0 aliphatic carbocycles. The highest BCUT2D eigenvalue weighted by Crippen LogP contribution is 2.30. The summed E-state index contributed by atoms with van der Waals surface area (Å²) in [6, 6.07) is 3.49. The van der Waals surface area contributed by atoms with Crippen LogP contribution in [0.25, 0.3) is 0 Å². The lowest BCUT2D eigenvalue weighted by Gasteiger charge is -2.26. The lowest BCUT2D eigenvalue weighted by molar-refractivity contribution is 0.188. The highest BCUT2D eigenvalue weighted by molar-refractivity contribution is 7.89. The second-order valence-corrected chi connectivity index (χ2v) is 7.70. The first-order chi connectivity index (χ1) is 9.73. The molecule has 118 valence electrons. The van der Waals surface area contributed by atoms with Gasteiger partial charge in [0.05, 0.1) is 11.1 Å².